The van der Waals surface area contributed by atoms with E-state index in [-0.39, 0.29) is 21.7 Å². The highest BCUT2D eigenvalue weighted by molar-refractivity contribution is 6.93. The number of anilines is 4. The first-order valence-corrected chi connectivity index (χ1v) is 32.3. The monoisotopic (exact) mass is 945 g/mol. The van der Waals surface area contributed by atoms with E-state index in [1.165, 1.54) is 61.3 Å². The van der Waals surface area contributed by atoms with Crippen molar-refractivity contribution in [3.63, 3.8) is 0 Å². The Morgan fingerprint density at radius 1 is 0.551 bits per heavy atom. The lowest BCUT2D eigenvalue weighted by Crippen LogP contribution is -2.56. The summed E-state index contributed by atoms with van der Waals surface area (Å²) in [5.74, 6) is 2.54. The van der Waals surface area contributed by atoms with Gasteiger partial charge in [-0.05, 0) is 111 Å². The fourth-order valence-corrected chi connectivity index (χ4v) is 16.0. The van der Waals surface area contributed by atoms with Crippen LogP contribution < -0.4 is 24.9 Å². The van der Waals surface area contributed by atoms with Gasteiger partial charge in [0.2, 0.25) is 0 Å². The minimum Gasteiger partial charge on any atom is -0.457 e. The standard InChI is InChI=1S/C62H72N4OSi2/c1-59(2,3)45-37-46(64-42-65(53-28-20-19-27-52(53)64)58-55(68(8,9)10)29-21-30-56(58)69(11,12)13)40-48(38-45)67-47-31-32-50-49-25-17-18-26-51(49)66(54(50)41-47)57-39-44(33-36-63-57)62(43-23-15-14-16-24-43)60(4,5)34-22-35-61(62,6)7/h14-21,23-33,36-41H,22,34-35,42H2,1-13H3. The van der Waals surface area contributed by atoms with Crippen LogP contribution in [-0.4, -0.2) is 32.4 Å². The third-order valence-electron chi connectivity index (χ3n) is 15.9. The fraction of sp³-hybridized carbons (Fsp3) is 0.339. The first-order chi connectivity index (χ1) is 32.6. The second-order valence-electron chi connectivity index (χ2n) is 24.4. The number of aromatic nitrogens is 2. The maximum Gasteiger partial charge on any atom is 0.137 e. The Hall–Kier alpha value is -5.90. The molecule has 7 heteroatoms. The van der Waals surface area contributed by atoms with Gasteiger partial charge in [0.1, 0.15) is 24.0 Å². The number of rotatable bonds is 9. The van der Waals surface area contributed by atoms with Crippen LogP contribution in [0.3, 0.4) is 0 Å². The average molecular weight is 945 g/mol. The second kappa shape index (κ2) is 16.6. The molecule has 3 heterocycles. The molecule has 6 aromatic carbocycles. The summed E-state index contributed by atoms with van der Waals surface area (Å²) in [6, 6.07) is 54.3. The number of hydrogen-bond donors (Lipinski definition) is 0. The van der Waals surface area contributed by atoms with Crippen molar-refractivity contribution in [1.82, 2.24) is 9.55 Å². The summed E-state index contributed by atoms with van der Waals surface area (Å²) in [5.41, 5.74) is 10.8. The molecule has 5 nitrogen and oxygen atoms in total. The molecule has 0 saturated heterocycles. The van der Waals surface area contributed by atoms with Gasteiger partial charge in [0.05, 0.1) is 38.6 Å². The van der Waals surface area contributed by atoms with Crippen LogP contribution >= 0.6 is 0 Å². The van der Waals surface area contributed by atoms with Gasteiger partial charge >= 0.3 is 0 Å². The van der Waals surface area contributed by atoms with Crippen LogP contribution in [-0.2, 0) is 10.8 Å². The summed E-state index contributed by atoms with van der Waals surface area (Å²) in [7, 11) is -3.45. The van der Waals surface area contributed by atoms with Crippen molar-refractivity contribution in [2.24, 2.45) is 10.8 Å². The van der Waals surface area contributed by atoms with Gasteiger partial charge in [0, 0.05) is 45.9 Å². The van der Waals surface area contributed by atoms with E-state index in [0.717, 1.165) is 53.5 Å². The van der Waals surface area contributed by atoms with Gasteiger partial charge in [-0.15, -0.1) is 0 Å². The third-order valence-corrected chi connectivity index (χ3v) is 19.9. The molecule has 8 aromatic rings. The minimum absolute atomic E-state index is 0.00181. The molecule has 0 spiro atoms. The number of hydrogen-bond acceptors (Lipinski definition) is 4. The first-order valence-electron chi connectivity index (χ1n) is 25.3. The van der Waals surface area contributed by atoms with Crippen LogP contribution in [0.15, 0.2) is 152 Å². The molecule has 0 amide bonds. The molecule has 0 unspecified atom stereocenters. The normalized spacial score (nSPS) is 16.8. The highest BCUT2D eigenvalue weighted by Gasteiger charge is 2.58. The van der Waals surface area contributed by atoms with Crippen molar-refractivity contribution in [3.05, 3.63) is 168 Å². The van der Waals surface area contributed by atoms with Gasteiger partial charge in [0.15, 0.2) is 0 Å². The average Bonchev–Trinajstić information content (AvgIpc) is 3.84. The van der Waals surface area contributed by atoms with E-state index in [4.69, 9.17) is 9.72 Å². The van der Waals surface area contributed by atoms with Crippen molar-refractivity contribution in [2.45, 2.75) is 118 Å². The zero-order valence-corrected chi connectivity index (χ0v) is 45.5. The molecule has 1 aliphatic carbocycles. The summed E-state index contributed by atoms with van der Waals surface area (Å²) in [6.45, 7) is 32.5. The summed E-state index contributed by atoms with van der Waals surface area (Å²) in [6.07, 6.45) is 5.58. The van der Waals surface area contributed by atoms with Gasteiger partial charge in [-0.1, -0.05) is 173 Å². The Bertz CT molecular complexity index is 3190. The van der Waals surface area contributed by atoms with E-state index in [1.807, 2.05) is 6.20 Å². The Labute approximate surface area is 414 Å². The van der Waals surface area contributed by atoms with Gasteiger partial charge in [-0.3, -0.25) is 4.57 Å². The van der Waals surface area contributed by atoms with Crippen molar-refractivity contribution in [3.8, 4) is 17.3 Å². The summed E-state index contributed by atoms with van der Waals surface area (Å²) in [5, 5.41) is 5.43. The lowest BCUT2D eigenvalue weighted by atomic mass is 9.43. The van der Waals surface area contributed by atoms with E-state index >= 15 is 0 Å². The summed E-state index contributed by atoms with van der Waals surface area (Å²) in [4.78, 5) is 10.3. The van der Waals surface area contributed by atoms with Crippen LogP contribution in [0.4, 0.5) is 22.7 Å². The van der Waals surface area contributed by atoms with Crippen LogP contribution in [0.1, 0.15) is 84.4 Å². The maximum absolute atomic E-state index is 7.12. The Balaban J connectivity index is 1.09. The number of para-hydroxylation sites is 4. The Kier molecular flexibility index (Phi) is 11.3. The van der Waals surface area contributed by atoms with Gasteiger partial charge in [-0.25, -0.2) is 4.98 Å². The highest BCUT2D eigenvalue weighted by Crippen LogP contribution is 2.64. The molecule has 0 bridgehead atoms. The number of benzene rings is 6. The van der Waals surface area contributed by atoms with E-state index in [0.29, 0.717) is 0 Å². The largest absolute Gasteiger partial charge is 0.457 e. The molecule has 0 atom stereocenters. The Morgan fingerprint density at radius 2 is 1.16 bits per heavy atom. The SMILES string of the molecule is CC(C)(C)c1cc(Oc2ccc3c4ccccc4n(-c4cc(C5(c6ccccc6)C(C)(C)CCCC5(C)C)ccn4)c3c2)cc(N2CN(c3c([Si](C)(C)C)cccc3[Si](C)(C)C)c3ccccc32)c1. The molecule has 2 aliphatic rings. The Morgan fingerprint density at radius 3 is 1.81 bits per heavy atom. The molecular formula is C62H72N4OSi2. The molecule has 0 N–H and O–H groups in total. The maximum atomic E-state index is 7.12. The molecule has 10 rings (SSSR count). The topological polar surface area (TPSA) is 33.5 Å². The first kappa shape index (κ1) is 46.8. The molecular weight excluding hydrogens is 873 g/mol. The van der Waals surface area contributed by atoms with Crippen LogP contribution in [0, 0.1) is 10.8 Å². The summed E-state index contributed by atoms with van der Waals surface area (Å²) < 4.78 is 9.48. The van der Waals surface area contributed by atoms with E-state index in [9.17, 15) is 0 Å². The molecule has 69 heavy (non-hydrogen) atoms. The number of ether oxygens (including phenoxy) is 1. The second-order valence-corrected chi connectivity index (χ2v) is 34.5. The van der Waals surface area contributed by atoms with Crippen LogP contribution in [0.5, 0.6) is 11.5 Å². The van der Waals surface area contributed by atoms with Gasteiger partial charge < -0.3 is 14.5 Å². The molecule has 2 aromatic heterocycles. The van der Waals surface area contributed by atoms with Crippen LogP contribution in [0.25, 0.3) is 27.6 Å². The number of nitrogens with zero attached hydrogens (tertiary/aromatic N) is 4. The molecule has 354 valence electrons. The zero-order valence-electron chi connectivity index (χ0n) is 43.5. The fourth-order valence-electron chi connectivity index (χ4n) is 12.8. The lowest BCUT2D eigenvalue weighted by molar-refractivity contribution is 0.00547. The van der Waals surface area contributed by atoms with Gasteiger partial charge in [-0.2, -0.15) is 0 Å². The molecule has 1 saturated carbocycles. The van der Waals surface area contributed by atoms with Crippen molar-refractivity contribution in [1.29, 1.82) is 0 Å². The number of fused-ring (bicyclic) bond motifs is 4. The molecule has 1 fully saturated rings. The molecule has 0 radical (unpaired) electrons. The number of pyridine rings is 1. The predicted molar refractivity (Wildman–Crippen MR) is 300 cm³/mol. The highest BCUT2D eigenvalue weighted by atomic mass is 28.3. The smallest absolute Gasteiger partial charge is 0.137 e. The summed E-state index contributed by atoms with van der Waals surface area (Å²) >= 11 is 0. The van der Waals surface area contributed by atoms with Crippen molar-refractivity contribution >= 4 is 71.1 Å². The van der Waals surface area contributed by atoms with E-state index in [2.05, 4.69) is 248 Å². The minimum atomic E-state index is -1.72. The van der Waals surface area contributed by atoms with E-state index < -0.39 is 16.1 Å². The third kappa shape index (κ3) is 7.85. The van der Waals surface area contributed by atoms with Gasteiger partial charge in [0.25, 0.3) is 0 Å². The predicted octanol–water partition coefficient (Wildman–Crippen LogP) is 16.1. The van der Waals surface area contributed by atoms with E-state index in [1.54, 1.807) is 0 Å². The quantitative estimate of drug-likeness (QED) is 0.135. The lowest BCUT2D eigenvalue weighted by Gasteiger charge is -2.60. The van der Waals surface area contributed by atoms with Crippen molar-refractivity contribution in [2.75, 3.05) is 16.5 Å². The van der Waals surface area contributed by atoms with Crippen LogP contribution in [0.2, 0.25) is 39.3 Å². The zero-order chi connectivity index (χ0) is 48.9. The van der Waals surface area contributed by atoms with Crippen molar-refractivity contribution < 1.29 is 4.74 Å². The molecule has 1 aliphatic heterocycles.